The zero-order valence-corrected chi connectivity index (χ0v) is 12.0. The van der Waals surface area contributed by atoms with Gasteiger partial charge >= 0.3 is 0 Å². The molecule has 0 aromatic carbocycles. The van der Waals surface area contributed by atoms with E-state index in [0.717, 1.165) is 25.8 Å². The second kappa shape index (κ2) is 5.68. The third-order valence-corrected chi connectivity index (χ3v) is 5.18. The minimum absolute atomic E-state index is 0.208. The Kier molecular flexibility index (Phi) is 4.13. The molecule has 0 aromatic heterocycles. The van der Waals surface area contributed by atoms with E-state index in [0.29, 0.717) is 19.3 Å². The molecule has 0 amide bonds. The van der Waals surface area contributed by atoms with Gasteiger partial charge in [-0.2, -0.15) is 0 Å². The molecule has 2 atom stereocenters. The van der Waals surface area contributed by atoms with Crippen LogP contribution in [-0.2, 0) is 9.47 Å². The molecule has 2 saturated carbocycles. The Morgan fingerprint density at radius 3 is 2.47 bits per heavy atom. The third kappa shape index (κ3) is 2.68. The van der Waals surface area contributed by atoms with Crippen LogP contribution in [0.2, 0.25) is 0 Å². The molecular formula is C15H27NO3. The average molecular weight is 269 g/mol. The lowest BCUT2D eigenvalue weighted by Crippen LogP contribution is -2.55. The SMILES string of the molecule is CCN(C1CCCC1)C1CC2(CCC1O)OCCO2. The van der Waals surface area contributed by atoms with Crippen LogP contribution in [0.5, 0.6) is 0 Å². The molecule has 4 heteroatoms. The smallest absolute Gasteiger partial charge is 0.170 e. The molecule has 3 rings (SSSR count). The first-order chi connectivity index (χ1) is 9.24. The summed E-state index contributed by atoms with van der Waals surface area (Å²) in [5, 5.41) is 10.4. The maximum Gasteiger partial charge on any atom is 0.170 e. The van der Waals surface area contributed by atoms with E-state index in [4.69, 9.17) is 9.47 Å². The lowest BCUT2D eigenvalue weighted by atomic mass is 9.85. The Balaban J connectivity index is 1.72. The number of rotatable bonds is 3. The normalized spacial score (nSPS) is 35.5. The molecule has 1 aliphatic heterocycles. The number of hydrogen-bond donors (Lipinski definition) is 1. The summed E-state index contributed by atoms with van der Waals surface area (Å²) in [5.74, 6) is -0.393. The predicted octanol–water partition coefficient (Wildman–Crippen LogP) is 1.91. The monoisotopic (exact) mass is 269 g/mol. The van der Waals surface area contributed by atoms with Crippen molar-refractivity contribution in [2.24, 2.45) is 0 Å². The highest BCUT2D eigenvalue weighted by atomic mass is 16.7. The first kappa shape index (κ1) is 13.8. The minimum atomic E-state index is -0.393. The van der Waals surface area contributed by atoms with Crippen molar-refractivity contribution in [2.45, 2.75) is 75.8 Å². The molecule has 3 aliphatic rings. The summed E-state index contributed by atoms with van der Waals surface area (Å²) < 4.78 is 11.7. The van der Waals surface area contributed by atoms with Crippen molar-refractivity contribution < 1.29 is 14.6 Å². The second-order valence-electron chi connectivity index (χ2n) is 6.25. The van der Waals surface area contributed by atoms with Gasteiger partial charge < -0.3 is 14.6 Å². The molecule has 1 saturated heterocycles. The van der Waals surface area contributed by atoms with Crippen LogP contribution >= 0.6 is 0 Å². The van der Waals surface area contributed by atoms with Crippen molar-refractivity contribution in [3.05, 3.63) is 0 Å². The van der Waals surface area contributed by atoms with Gasteiger partial charge in [0.25, 0.3) is 0 Å². The van der Waals surface area contributed by atoms with Crippen LogP contribution in [0, 0.1) is 0 Å². The fraction of sp³-hybridized carbons (Fsp3) is 1.00. The van der Waals surface area contributed by atoms with Gasteiger partial charge in [-0.15, -0.1) is 0 Å². The zero-order valence-electron chi connectivity index (χ0n) is 12.0. The van der Waals surface area contributed by atoms with E-state index in [9.17, 15) is 5.11 Å². The molecule has 0 radical (unpaired) electrons. The van der Waals surface area contributed by atoms with E-state index in [2.05, 4.69) is 11.8 Å². The van der Waals surface area contributed by atoms with E-state index in [1.165, 1.54) is 25.7 Å². The Morgan fingerprint density at radius 1 is 1.16 bits per heavy atom. The van der Waals surface area contributed by atoms with Crippen LogP contribution in [-0.4, -0.2) is 53.7 Å². The average Bonchev–Trinajstić information content (AvgIpc) is 3.07. The topological polar surface area (TPSA) is 41.9 Å². The third-order valence-electron chi connectivity index (χ3n) is 5.18. The van der Waals surface area contributed by atoms with Gasteiger partial charge in [0, 0.05) is 24.9 Å². The van der Waals surface area contributed by atoms with Crippen LogP contribution in [0.15, 0.2) is 0 Å². The van der Waals surface area contributed by atoms with Gasteiger partial charge in [-0.05, 0) is 25.8 Å². The van der Waals surface area contributed by atoms with Crippen molar-refractivity contribution in [1.29, 1.82) is 0 Å². The summed E-state index contributed by atoms with van der Waals surface area (Å²) in [4.78, 5) is 2.52. The molecule has 2 aliphatic carbocycles. The number of nitrogens with zero attached hydrogens (tertiary/aromatic N) is 1. The van der Waals surface area contributed by atoms with Gasteiger partial charge in [-0.1, -0.05) is 19.8 Å². The van der Waals surface area contributed by atoms with Crippen LogP contribution in [0.4, 0.5) is 0 Å². The zero-order chi connectivity index (χ0) is 13.3. The molecule has 4 nitrogen and oxygen atoms in total. The lowest BCUT2D eigenvalue weighted by molar-refractivity contribution is -0.207. The highest BCUT2D eigenvalue weighted by molar-refractivity contribution is 4.95. The lowest BCUT2D eigenvalue weighted by Gasteiger charge is -2.46. The standard InChI is InChI=1S/C15H27NO3/c1-2-16(12-5-3-4-6-12)13-11-15(8-7-14(13)17)18-9-10-19-15/h12-14,17H,2-11H2,1H3. The van der Waals surface area contributed by atoms with Crippen LogP contribution in [0.1, 0.15) is 51.9 Å². The van der Waals surface area contributed by atoms with Crippen LogP contribution < -0.4 is 0 Å². The highest BCUT2D eigenvalue weighted by Gasteiger charge is 2.47. The summed E-state index contributed by atoms with van der Waals surface area (Å²) >= 11 is 0. The molecule has 2 unspecified atom stereocenters. The summed E-state index contributed by atoms with van der Waals surface area (Å²) in [6, 6.07) is 0.862. The fourth-order valence-corrected chi connectivity index (χ4v) is 4.21. The van der Waals surface area contributed by atoms with E-state index >= 15 is 0 Å². The van der Waals surface area contributed by atoms with Gasteiger partial charge in [0.2, 0.25) is 0 Å². The van der Waals surface area contributed by atoms with Crippen molar-refractivity contribution in [1.82, 2.24) is 4.90 Å². The molecular weight excluding hydrogens is 242 g/mol. The van der Waals surface area contributed by atoms with E-state index in [1.807, 2.05) is 0 Å². The Labute approximate surface area is 116 Å². The van der Waals surface area contributed by atoms with Gasteiger partial charge in [-0.3, -0.25) is 4.90 Å². The van der Waals surface area contributed by atoms with Crippen molar-refractivity contribution in [2.75, 3.05) is 19.8 Å². The Hall–Kier alpha value is -0.160. The summed E-state index contributed by atoms with van der Waals surface area (Å²) in [6.45, 7) is 4.64. The molecule has 1 heterocycles. The van der Waals surface area contributed by atoms with Gasteiger partial charge in [-0.25, -0.2) is 0 Å². The van der Waals surface area contributed by atoms with E-state index in [1.54, 1.807) is 0 Å². The van der Waals surface area contributed by atoms with E-state index < -0.39 is 5.79 Å². The van der Waals surface area contributed by atoms with Crippen LogP contribution in [0.3, 0.4) is 0 Å². The van der Waals surface area contributed by atoms with Gasteiger partial charge in [0.1, 0.15) is 0 Å². The molecule has 1 spiro atoms. The molecule has 19 heavy (non-hydrogen) atoms. The van der Waals surface area contributed by atoms with Crippen molar-refractivity contribution in [3.8, 4) is 0 Å². The minimum Gasteiger partial charge on any atom is -0.391 e. The summed E-state index contributed by atoms with van der Waals surface area (Å²) in [5.41, 5.74) is 0. The quantitative estimate of drug-likeness (QED) is 0.850. The van der Waals surface area contributed by atoms with E-state index in [-0.39, 0.29) is 12.1 Å². The maximum atomic E-state index is 10.4. The molecule has 3 fully saturated rings. The second-order valence-corrected chi connectivity index (χ2v) is 6.25. The van der Waals surface area contributed by atoms with Gasteiger partial charge in [0.15, 0.2) is 5.79 Å². The van der Waals surface area contributed by atoms with Crippen molar-refractivity contribution in [3.63, 3.8) is 0 Å². The molecule has 0 aromatic rings. The predicted molar refractivity (Wildman–Crippen MR) is 72.9 cm³/mol. The highest BCUT2D eigenvalue weighted by Crippen LogP contribution is 2.39. The number of aliphatic hydroxyl groups excluding tert-OH is 1. The molecule has 0 bridgehead atoms. The number of ether oxygens (including phenoxy) is 2. The Morgan fingerprint density at radius 2 is 1.84 bits per heavy atom. The maximum absolute atomic E-state index is 10.4. The Bertz CT molecular complexity index is 298. The largest absolute Gasteiger partial charge is 0.391 e. The summed E-state index contributed by atoms with van der Waals surface area (Å²) in [6.07, 6.45) is 7.49. The van der Waals surface area contributed by atoms with Gasteiger partial charge in [0.05, 0.1) is 19.3 Å². The van der Waals surface area contributed by atoms with Crippen LogP contribution in [0.25, 0.3) is 0 Å². The first-order valence-electron chi connectivity index (χ1n) is 7.96. The number of aliphatic hydroxyl groups is 1. The number of hydrogen-bond acceptors (Lipinski definition) is 4. The first-order valence-corrected chi connectivity index (χ1v) is 7.96. The summed E-state index contributed by atoms with van der Waals surface area (Å²) in [7, 11) is 0. The van der Waals surface area contributed by atoms with Crippen molar-refractivity contribution >= 4 is 0 Å². The molecule has 1 N–H and O–H groups in total. The fourth-order valence-electron chi connectivity index (χ4n) is 4.21. The molecule has 110 valence electrons. The number of likely N-dealkylation sites (N-methyl/N-ethyl adjacent to an activating group) is 1.